The van der Waals surface area contributed by atoms with E-state index in [2.05, 4.69) is 20.9 Å². The summed E-state index contributed by atoms with van der Waals surface area (Å²) >= 11 is 0. The van der Waals surface area contributed by atoms with Gasteiger partial charge >= 0.3 is 12.2 Å². The normalized spacial score (nSPS) is 15.3. The molecule has 0 saturated carbocycles. The highest BCUT2D eigenvalue weighted by molar-refractivity contribution is 6.07. The number of amides is 3. The first-order valence-electron chi connectivity index (χ1n) is 12.3. The lowest BCUT2D eigenvalue weighted by atomic mass is 10.1. The van der Waals surface area contributed by atoms with Gasteiger partial charge in [-0.15, -0.1) is 0 Å². The smallest absolute Gasteiger partial charge is 0.412 e. The predicted molar refractivity (Wildman–Crippen MR) is 144 cm³/mol. The predicted octanol–water partition coefficient (Wildman–Crippen LogP) is 4.15. The first-order chi connectivity index (χ1) is 17.5. The molecule has 3 N–H and O–H groups in total. The van der Waals surface area contributed by atoms with Crippen molar-refractivity contribution in [3.8, 4) is 0 Å². The second-order valence-electron chi connectivity index (χ2n) is 10.2. The number of carbonyl (C=O) groups excluding carboxylic acids is 3. The van der Waals surface area contributed by atoms with E-state index in [4.69, 9.17) is 9.47 Å². The van der Waals surface area contributed by atoms with Gasteiger partial charge in [-0.2, -0.15) is 0 Å². The molecule has 0 aromatic heterocycles. The van der Waals surface area contributed by atoms with Crippen LogP contribution in [0.5, 0.6) is 0 Å². The van der Waals surface area contributed by atoms with Gasteiger partial charge in [-0.1, -0.05) is 12.1 Å². The van der Waals surface area contributed by atoms with Crippen LogP contribution >= 0.6 is 0 Å². The van der Waals surface area contributed by atoms with Crippen LogP contribution in [0.15, 0.2) is 48.5 Å². The molecule has 10 nitrogen and oxygen atoms in total. The zero-order valence-electron chi connectivity index (χ0n) is 22.2. The van der Waals surface area contributed by atoms with Crippen LogP contribution in [0.1, 0.15) is 37.6 Å². The Balaban J connectivity index is 1.54. The van der Waals surface area contributed by atoms with Crippen LogP contribution in [0.3, 0.4) is 0 Å². The lowest BCUT2D eigenvalue weighted by Crippen LogP contribution is -2.38. The minimum atomic E-state index is -0.634. The maximum absolute atomic E-state index is 12.9. The highest BCUT2D eigenvalue weighted by Crippen LogP contribution is 2.24. The molecule has 1 atom stereocenters. The van der Waals surface area contributed by atoms with Crippen LogP contribution in [0, 0.1) is 0 Å². The largest absolute Gasteiger partial charge is 0.448 e. The molecule has 0 spiro atoms. The van der Waals surface area contributed by atoms with Crippen LogP contribution in [-0.2, 0) is 9.47 Å². The fourth-order valence-corrected chi connectivity index (χ4v) is 3.77. The van der Waals surface area contributed by atoms with Gasteiger partial charge in [0.2, 0.25) is 0 Å². The molecule has 37 heavy (non-hydrogen) atoms. The molecule has 0 bridgehead atoms. The van der Waals surface area contributed by atoms with Crippen molar-refractivity contribution in [3.63, 3.8) is 0 Å². The number of hydrogen-bond acceptors (Lipinski definition) is 7. The standard InChI is InChI=1S/C27H37N5O5/c1-27(2,3)37-26(35)30-23-9-7-6-8-22(23)29-24(33)19-10-12-21(13-11-19)32-15-14-20(18-32)28-25(34)36-17-16-31(4)5/h6-13,20H,14-18H2,1-5H3,(H,28,34)(H,29,33)(H,30,35)/t20-/m0/s1. The van der Waals surface area contributed by atoms with Crippen molar-refractivity contribution in [2.45, 2.75) is 38.8 Å². The number of anilines is 3. The van der Waals surface area contributed by atoms with Gasteiger partial charge in [0.25, 0.3) is 5.91 Å². The Morgan fingerprint density at radius 3 is 2.24 bits per heavy atom. The highest BCUT2D eigenvalue weighted by Gasteiger charge is 2.25. The first-order valence-corrected chi connectivity index (χ1v) is 12.3. The maximum Gasteiger partial charge on any atom is 0.412 e. The van der Waals surface area contributed by atoms with Gasteiger partial charge in [-0.25, -0.2) is 9.59 Å². The summed E-state index contributed by atoms with van der Waals surface area (Å²) in [6.07, 6.45) is -0.187. The molecular formula is C27H37N5O5. The summed E-state index contributed by atoms with van der Waals surface area (Å²) in [7, 11) is 3.85. The Bertz CT molecular complexity index is 1080. The van der Waals surface area contributed by atoms with Crippen LogP contribution in [0.2, 0.25) is 0 Å². The van der Waals surface area contributed by atoms with Crippen molar-refractivity contribution in [1.29, 1.82) is 0 Å². The summed E-state index contributed by atoms with van der Waals surface area (Å²) in [4.78, 5) is 41.2. The number of benzene rings is 2. The summed E-state index contributed by atoms with van der Waals surface area (Å²) < 4.78 is 10.5. The minimum Gasteiger partial charge on any atom is -0.448 e. The van der Waals surface area contributed by atoms with E-state index in [1.165, 1.54) is 0 Å². The summed E-state index contributed by atoms with van der Waals surface area (Å²) in [5.74, 6) is -0.300. The van der Waals surface area contributed by atoms with E-state index in [9.17, 15) is 14.4 Å². The fraction of sp³-hybridized carbons (Fsp3) is 0.444. The molecule has 1 aliphatic rings. The molecule has 200 valence electrons. The monoisotopic (exact) mass is 511 g/mol. The first kappa shape index (κ1) is 27.8. The molecular weight excluding hydrogens is 474 g/mol. The SMILES string of the molecule is CN(C)CCOC(=O)N[C@H]1CCN(c2ccc(C(=O)Nc3ccccc3NC(=O)OC(C)(C)C)cc2)C1. The molecule has 3 rings (SSSR count). The molecule has 10 heteroatoms. The fourth-order valence-electron chi connectivity index (χ4n) is 3.77. The number of rotatable bonds is 8. The zero-order valence-corrected chi connectivity index (χ0v) is 22.2. The van der Waals surface area contributed by atoms with Crippen molar-refractivity contribution < 1.29 is 23.9 Å². The molecule has 0 unspecified atom stereocenters. The number of ether oxygens (including phenoxy) is 2. The second kappa shape index (κ2) is 12.4. The quantitative estimate of drug-likeness (QED) is 0.488. The Morgan fingerprint density at radius 2 is 1.62 bits per heavy atom. The van der Waals surface area contributed by atoms with Crippen LogP contribution < -0.4 is 20.9 Å². The molecule has 0 aliphatic carbocycles. The maximum atomic E-state index is 12.9. The highest BCUT2D eigenvalue weighted by atomic mass is 16.6. The molecule has 2 aromatic rings. The average molecular weight is 512 g/mol. The van der Waals surface area contributed by atoms with Crippen molar-refractivity contribution in [2.24, 2.45) is 0 Å². The number of hydrogen-bond donors (Lipinski definition) is 3. The van der Waals surface area contributed by atoms with E-state index in [1.54, 1.807) is 57.2 Å². The number of alkyl carbamates (subject to hydrolysis) is 1. The molecule has 1 heterocycles. The number of carbonyl (C=O) groups is 3. The van der Waals surface area contributed by atoms with E-state index in [-0.39, 0.29) is 11.9 Å². The third kappa shape index (κ3) is 8.98. The zero-order chi connectivity index (χ0) is 27.0. The van der Waals surface area contributed by atoms with Gasteiger partial charge in [0.1, 0.15) is 12.2 Å². The van der Waals surface area contributed by atoms with Crippen LogP contribution in [0.4, 0.5) is 26.7 Å². The third-order valence-corrected chi connectivity index (χ3v) is 5.59. The summed E-state index contributed by atoms with van der Waals surface area (Å²) in [6.45, 7) is 7.82. The van der Waals surface area contributed by atoms with Crippen LogP contribution in [-0.4, -0.2) is 75.0 Å². The average Bonchev–Trinajstić information content (AvgIpc) is 3.27. The Morgan fingerprint density at radius 1 is 0.973 bits per heavy atom. The van der Waals surface area contributed by atoms with E-state index < -0.39 is 17.8 Å². The van der Waals surface area contributed by atoms with Crippen molar-refractivity contribution in [1.82, 2.24) is 10.2 Å². The summed E-state index contributed by atoms with van der Waals surface area (Å²) in [5.41, 5.74) is 1.72. The van der Waals surface area contributed by atoms with Crippen molar-refractivity contribution in [2.75, 3.05) is 55.9 Å². The topological polar surface area (TPSA) is 112 Å². The molecule has 0 radical (unpaired) electrons. The molecule has 1 saturated heterocycles. The van der Waals surface area contributed by atoms with E-state index in [0.717, 1.165) is 18.7 Å². The molecule has 1 fully saturated rings. The Hall–Kier alpha value is -3.79. The van der Waals surface area contributed by atoms with Gasteiger partial charge in [-0.3, -0.25) is 10.1 Å². The second-order valence-corrected chi connectivity index (χ2v) is 10.2. The summed E-state index contributed by atoms with van der Waals surface area (Å²) in [5, 5.41) is 8.45. The van der Waals surface area contributed by atoms with Crippen molar-refractivity contribution in [3.05, 3.63) is 54.1 Å². The van der Waals surface area contributed by atoms with Gasteiger partial charge in [0.15, 0.2) is 0 Å². The molecule has 3 amide bonds. The Kier molecular flexibility index (Phi) is 9.35. The summed E-state index contributed by atoms with van der Waals surface area (Å²) in [6, 6.07) is 14.2. The third-order valence-electron chi connectivity index (χ3n) is 5.59. The lowest BCUT2D eigenvalue weighted by molar-refractivity contribution is 0.0635. The van der Waals surface area contributed by atoms with Gasteiger partial charge < -0.3 is 29.9 Å². The van der Waals surface area contributed by atoms with E-state index in [1.807, 2.05) is 31.1 Å². The van der Waals surface area contributed by atoms with E-state index >= 15 is 0 Å². The van der Waals surface area contributed by atoms with Gasteiger partial charge in [0.05, 0.1) is 17.4 Å². The van der Waals surface area contributed by atoms with Gasteiger partial charge in [-0.05, 0) is 77.7 Å². The van der Waals surface area contributed by atoms with Crippen molar-refractivity contribution >= 4 is 35.2 Å². The van der Waals surface area contributed by atoms with Crippen LogP contribution in [0.25, 0.3) is 0 Å². The number of nitrogens with one attached hydrogen (secondary N) is 3. The number of nitrogens with zero attached hydrogens (tertiary/aromatic N) is 2. The Labute approximate surface area is 218 Å². The lowest BCUT2D eigenvalue weighted by Gasteiger charge is -2.20. The minimum absolute atomic E-state index is 0.00352. The number of para-hydroxylation sites is 2. The number of likely N-dealkylation sites (N-methyl/N-ethyl adjacent to an activating group) is 1. The molecule has 2 aromatic carbocycles. The van der Waals surface area contributed by atoms with E-state index in [0.29, 0.717) is 36.6 Å². The molecule has 1 aliphatic heterocycles. The van der Waals surface area contributed by atoms with Gasteiger partial charge in [0, 0.05) is 30.9 Å².